The van der Waals surface area contributed by atoms with Crippen molar-refractivity contribution in [2.75, 3.05) is 19.6 Å². The van der Waals surface area contributed by atoms with Crippen LogP contribution >= 0.6 is 0 Å². The van der Waals surface area contributed by atoms with Gasteiger partial charge in [0, 0.05) is 42.7 Å². The number of H-pyrrole nitrogens is 1. The minimum absolute atomic E-state index is 0.0181. The summed E-state index contributed by atoms with van der Waals surface area (Å²) >= 11 is 0. The van der Waals surface area contributed by atoms with Gasteiger partial charge in [-0.25, -0.2) is 4.39 Å². The number of aromatic amines is 1. The van der Waals surface area contributed by atoms with E-state index in [1.54, 1.807) is 21.9 Å². The summed E-state index contributed by atoms with van der Waals surface area (Å²) in [6.07, 6.45) is 2.66. The van der Waals surface area contributed by atoms with Gasteiger partial charge in [0.15, 0.2) is 0 Å². The predicted octanol–water partition coefficient (Wildman–Crippen LogP) is 5.02. The van der Waals surface area contributed by atoms with Crippen LogP contribution in [0, 0.1) is 17.7 Å². The first-order valence-corrected chi connectivity index (χ1v) is 11.6. The van der Waals surface area contributed by atoms with E-state index in [1.807, 2.05) is 52.1 Å². The van der Waals surface area contributed by atoms with Gasteiger partial charge in [-0.1, -0.05) is 58.0 Å². The Morgan fingerprint density at radius 3 is 2.33 bits per heavy atom. The molecule has 3 rings (SSSR count). The Morgan fingerprint density at radius 2 is 1.67 bits per heavy atom. The number of rotatable bonds is 10. The molecular formula is C27H34FN3O2. The van der Waals surface area contributed by atoms with Crippen molar-refractivity contribution in [2.24, 2.45) is 11.8 Å². The number of hydrogen-bond acceptors (Lipinski definition) is 2. The van der Waals surface area contributed by atoms with Crippen LogP contribution in [0.1, 0.15) is 38.8 Å². The third-order valence-electron chi connectivity index (χ3n) is 5.68. The van der Waals surface area contributed by atoms with Crippen LogP contribution in [-0.2, 0) is 22.6 Å². The molecule has 1 N–H and O–H groups in total. The zero-order valence-corrected chi connectivity index (χ0v) is 20.0. The number of amides is 2. The van der Waals surface area contributed by atoms with Gasteiger partial charge in [0.25, 0.3) is 0 Å². The molecule has 0 radical (unpaired) electrons. The van der Waals surface area contributed by atoms with Gasteiger partial charge in [-0.15, -0.1) is 0 Å². The maximum absolute atomic E-state index is 13.4. The van der Waals surface area contributed by atoms with E-state index in [0.29, 0.717) is 26.1 Å². The normalized spacial score (nSPS) is 11.4. The summed E-state index contributed by atoms with van der Waals surface area (Å²) in [6.45, 7) is 9.24. The monoisotopic (exact) mass is 451 g/mol. The lowest BCUT2D eigenvalue weighted by Gasteiger charge is -2.30. The van der Waals surface area contributed by atoms with Gasteiger partial charge in [-0.3, -0.25) is 9.59 Å². The molecule has 0 aliphatic heterocycles. The molecule has 0 aliphatic carbocycles. The van der Waals surface area contributed by atoms with E-state index in [0.717, 1.165) is 22.0 Å². The number of fused-ring (bicyclic) bond motifs is 1. The third kappa shape index (κ3) is 6.67. The molecule has 5 nitrogen and oxygen atoms in total. The second-order valence-electron chi connectivity index (χ2n) is 9.32. The van der Waals surface area contributed by atoms with Crippen LogP contribution < -0.4 is 0 Å². The lowest BCUT2D eigenvalue weighted by atomic mass is 10.1. The SMILES string of the molecule is CC(C)CN(CC(=O)N(CCc1c[nH]c2ccccc12)Cc1ccc(F)cc1)C(=O)C(C)C. The van der Waals surface area contributed by atoms with E-state index in [-0.39, 0.29) is 36.0 Å². The van der Waals surface area contributed by atoms with Crippen LogP contribution in [0.4, 0.5) is 4.39 Å². The minimum Gasteiger partial charge on any atom is -0.361 e. The molecule has 2 aromatic carbocycles. The topological polar surface area (TPSA) is 56.4 Å². The molecule has 33 heavy (non-hydrogen) atoms. The van der Waals surface area contributed by atoms with Crippen molar-refractivity contribution >= 4 is 22.7 Å². The van der Waals surface area contributed by atoms with Crippen LogP contribution in [-0.4, -0.2) is 46.2 Å². The Hall–Kier alpha value is -3.15. The maximum atomic E-state index is 13.4. The van der Waals surface area contributed by atoms with Gasteiger partial charge in [-0.05, 0) is 41.7 Å². The zero-order chi connectivity index (χ0) is 24.0. The Bertz CT molecular complexity index is 1070. The Kier molecular flexibility index (Phi) is 8.26. The summed E-state index contributed by atoms with van der Waals surface area (Å²) in [5.74, 6) is -0.337. The Balaban J connectivity index is 1.79. The minimum atomic E-state index is -0.305. The first-order chi connectivity index (χ1) is 15.7. The number of halogens is 1. The van der Waals surface area contributed by atoms with Crippen LogP contribution in [0.2, 0.25) is 0 Å². The van der Waals surface area contributed by atoms with E-state index < -0.39 is 0 Å². The van der Waals surface area contributed by atoms with Gasteiger partial charge >= 0.3 is 0 Å². The summed E-state index contributed by atoms with van der Waals surface area (Å²) in [6, 6.07) is 14.3. The van der Waals surface area contributed by atoms with Gasteiger partial charge < -0.3 is 14.8 Å². The summed E-state index contributed by atoms with van der Waals surface area (Å²) in [7, 11) is 0. The number of aromatic nitrogens is 1. The number of hydrogen-bond donors (Lipinski definition) is 1. The first kappa shape index (κ1) is 24.5. The third-order valence-corrected chi connectivity index (χ3v) is 5.68. The number of nitrogens with zero attached hydrogens (tertiary/aromatic N) is 2. The van der Waals surface area contributed by atoms with Crippen molar-refractivity contribution < 1.29 is 14.0 Å². The molecule has 0 atom stereocenters. The van der Waals surface area contributed by atoms with Crippen LogP contribution in [0.25, 0.3) is 10.9 Å². The largest absolute Gasteiger partial charge is 0.361 e. The quantitative estimate of drug-likeness (QED) is 0.471. The summed E-state index contributed by atoms with van der Waals surface area (Å²) in [5, 5.41) is 1.14. The fourth-order valence-corrected chi connectivity index (χ4v) is 4.00. The average Bonchev–Trinajstić information content (AvgIpc) is 3.19. The molecular weight excluding hydrogens is 417 g/mol. The smallest absolute Gasteiger partial charge is 0.242 e. The highest BCUT2D eigenvalue weighted by atomic mass is 19.1. The Labute approximate surface area is 195 Å². The number of nitrogens with one attached hydrogen (secondary N) is 1. The van der Waals surface area contributed by atoms with Crippen molar-refractivity contribution in [3.63, 3.8) is 0 Å². The average molecular weight is 452 g/mol. The van der Waals surface area contributed by atoms with Crippen LogP contribution in [0.5, 0.6) is 0 Å². The highest BCUT2D eigenvalue weighted by molar-refractivity contribution is 5.86. The van der Waals surface area contributed by atoms with E-state index in [4.69, 9.17) is 0 Å². The molecule has 6 heteroatoms. The Morgan fingerprint density at radius 1 is 0.970 bits per heavy atom. The van der Waals surface area contributed by atoms with Crippen molar-refractivity contribution in [2.45, 2.75) is 40.7 Å². The molecule has 2 amide bonds. The van der Waals surface area contributed by atoms with Crippen LogP contribution in [0.3, 0.4) is 0 Å². The molecule has 0 fully saturated rings. The first-order valence-electron chi connectivity index (χ1n) is 11.6. The lowest BCUT2D eigenvalue weighted by molar-refractivity contribution is -0.143. The molecule has 0 bridgehead atoms. The van der Waals surface area contributed by atoms with Gasteiger partial charge in [0.2, 0.25) is 11.8 Å². The summed E-state index contributed by atoms with van der Waals surface area (Å²) < 4.78 is 13.4. The number of para-hydroxylation sites is 1. The number of benzene rings is 2. The van der Waals surface area contributed by atoms with E-state index in [1.165, 1.54) is 12.1 Å². The molecule has 3 aromatic rings. The highest BCUT2D eigenvalue weighted by Gasteiger charge is 2.24. The van der Waals surface area contributed by atoms with E-state index in [2.05, 4.69) is 11.1 Å². The fraction of sp³-hybridized carbons (Fsp3) is 0.407. The molecule has 0 aliphatic rings. The molecule has 0 saturated carbocycles. The van der Waals surface area contributed by atoms with Crippen molar-refractivity contribution in [3.05, 3.63) is 71.7 Å². The summed E-state index contributed by atoms with van der Waals surface area (Å²) in [5.41, 5.74) is 3.06. The molecule has 0 spiro atoms. The summed E-state index contributed by atoms with van der Waals surface area (Å²) in [4.78, 5) is 32.9. The van der Waals surface area contributed by atoms with Gasteiger partial charge in [0.05, 0.1) is 6.54 Å². The van der Waals surface area contributed by atoms with Gasteiger partial charge in [-0.2, -0.15) is 0 Å². The zero-order valence-electron chi connectivity index (χ0n) is 20.0. The van der Waals surface area contributed by atoms with Crippen LogP contribution in [0.15, 0.2) is 54.7 Å². The molecule has 0 saturated heterocycles. The van der Waals surface area contributed by atoms with Gasteiger partial charge in [0.1, 0.15) is 5.82 Å². The maximum Gasteiger partial charge on any atom is 0.242 e. The lowest BCUT2D eigenvalue weighted by Crippen LogP contribution is -2.45. The highest BCUT2D eigenvalue weighted by Crippen LogP contribution is 2.19. The van der Waals surface area contributed by atoms with Crippen molar-refractivity contribution in [3.8, 4) is 0 Å². The molecule has 1 heterocycles. The molecule has 176 valence electrons. The predicted molar refractivity (Wildman–Crippen MR) is 130 cm³/mol. The number of carbonyl (C=O) groups excluding carboxylic acids is 2. The van der Waals surface area contributed by atoms with E-state index >= 15 is 0 Å². The van der Waals surface area contributed by atoms with Crippen molar-refractivity contribution in [1.29, 1.82) is 0 Å². The van der Waals surface area contributed by atoms with E-state index in [9.17, 15) is 14.0 Å². The second kappa shape index (κ2) is 11.1. The standard InChI is InChI=1S/C27H34FN3O2/c1-19(2)16-31(27(33)20(3)4)18-26(32)30(17-21-9-11-23(28)12-10-21)14-13-22-15-29-25-8-6-5-7-24(22)25/h5-12,15,19-20,29H,13-14,16-18H2,1-4H3. The second-order valence-corrected chi connectivity index (χ2v) is 9.32. The van der Waals surface area contributed by atoms with Crippen molar-refractivity contribution in [1.82, 2.24) is 14.8 Å². The molecule has 0 unspecified atom stereocenters. The fourth-order valence-electron chi connectivity index (χ4n) is 4.00. The molecule has 1 aromatic heterocycles. The number of carbonyl (C=O) groups is 2.